The van der Waals surface area contributed by atoms with Crippen LogP contribution >= 0.6 is 23.7 Å². The third kappa shape index (κ3) is 2.02. The molecule has 2 aliphatic heterocycles. The van der Waals surface area contributed by atoms with Crippen LogP contribution in [0.5, 0.6) is 0 Å². The zero-order valence-corrected chi connectivity index (χ0v) is 11.4. The van der Waals surface area contributed by atoms with Crippen molar-refractivity contribution in [2.24, 2.45) is 9.39 Å². The van der Waals surface area contributed by atoms with E-state index in [9.17, 15) is 4.79 Å². The number of fused-ring (bicyclic) bond motifs is 1. The summed E-state index contributed by atoms with van der Waals surface area (Å²) in [6.07, 6.45) is 4.90. The fourth-order valence-electron chi connectivity index (χ4n) is 1.65. The second-order valence-corrected chi connectivity index (χ2v) is 5.13. The Morgan fingerprint density at radius 2 is 2.42 bits per heavy atom. The van der Waals surface area contributed by atoms with E-state index in [1.54, 1.807) is 17.0 Å². The van der Waals surface area contributed by atoms with Crippen LogP contribution in [0.3, 0.4) is 0 Å². The molecule has 1 amide bonds. The second kappa shape index (κ2) is 4.71. The van der Waals surface area contributed by atoms with Crippen LogP contribution in [0.25, 0.3) is 6.08 Å². The molecule has 1 N–H and O–H groups in total. The van der Waals surface area contributed by atoms with Crippen LogP contribution in [-0.2, 0) is 4.79 Å². The molecule has 0 atom stereocenters. The summed E-state index contributed by atoms with van der Waals surface area (Å²) in [4.78, 5) is 17.4. The minimum Gasteiger partial charge on any atom is -0.465 e. The van der Waals surface area contributed by atoms with Crippen LogP contribution in [0.2, 0.25) is 0 Å². The molecule has 19 heavy (non-hydrogen) atoms. The molecule has 2 aliphatic rings. The molecule has 0 bridgehead atoms. The summed E-state index contributed by atoms with van der Waals surface area (Å²) in [6.45, 7) is 0. The second-order valence-electron chi connectivity index (χ2n) is 3.63. The zero-order valence-electron chi connectivity index (χ0n) is 9.78. The quantitative estimate of drug-likeness (QED) is 0.634. The monoisotopic (exact) mass is 292 g/mol. The number of amides is 1. The van der Waals surface area contributed by atoms with Crippen LogP contribution < -0.4 is 0 Å². The first-order chi connectivity index (χ1) is 9.20. The maximum absolute atomic E-state index is 11.9. The summed E-state index contributed by atoms with van der Waals surface area (Å²) in [7, 11) is 0. The fourth-order valence-corrected chi connectivity index (χ4v) is 3.10. The first-order valence-corrected chi connectivity index (χ1v) is 7.27. The number of hydrogen-bond donors (Lipinski definition) is 1. The number of rotatable bonds is 1. The number of hydrogen-bond acceptors (Lipinski definition) is 6. The summed E-state index contributed by atoms with van der Waals surface area (Å²) >= 11 is 2.51. The standard InChI is InChI=1S/C11H8N4O2S2/c1-18-11-14-19-10-13-9(16)7(8(12)15(10)11)5-6-3-2-4-17-6/h2-5,12H,1H3/b7-5-,12-8?. The van der Waals surface area contributed by atoms with E-state index in [0.29, 0.717) is 16.1 Å². The normalized spacial score (nSPS) is 20.7. The third-order valence-electron chi connectivity index (χ3n) is 2.51. The van der Waals surface area contributed by atoms with Crippen LogP contribution in [0.1, 0.15) is 5.76 Å². The van der Waals surface area contributed by atoms with Crippen molar-refractivity contribution in [1.29, 1.82) is 5.41 Å². The highest BCUT2D eigenvalue weighted by molar-refractivity contribution is 8.18. The summed E-state index contributed by atoms with van der Waals surface area (Å²) in [6, 6.07) is 3.44. The minimum atomic E-state index is -0.447. The predicted molar refractivity (Wildman–Crippen MR) is 77.2 cm³/mol. The molecule has 0 saturated heterocycles. The minimum absolute atomic E-state index is 0.0736. The smallest absolute Gasteiger partial charge is 0.283 e. The van der Waals surface area contributed by atoms with Crippen molar-refractivity contribution in [2.45, 2.75) is 0 Å². The molecule has 0 spiro atoms. The molecule has 1 aromatic heterocycles. The molecule has 8 heteroatoms. The lowest BCUT2D eigenvalue weighted by molar-refractivity contribution is -0.114. The van der Waals surface area contributed by atoms with Gasteiger partial charge in [0.1, 0.15) is 11.6 Å². The summed E-state index contributed by atoms with van der Waals surface area (Å²) in [5.74, 6) is 0.142. The average Bonchev–Trinajstić information content (AvgIpc) is 3.02. The van der Waals surface area contributed by atoms with Gasteiger partial charge in [-0.2, -0.15) is 9.39 Å². The van der Waals surface area contributed by atoms with Crippen LogP contribution in [-0.4, -0.2) is 33.2 Å². The van der Waals surface area contributed by atoms with Gasteiger partial charge in [-0.1, -0.05) is 11.8 Å². The van der Waals surface area contributed by atoms with Gasteiger partial charge in [0.25, 0.3) is 5.91 Å². The molecule has 1 aromatic rings. The van der Waals surface area contributed by atoms with Gasteiger partial charge in [0, 0.05) is 0 Å². The molecule has 0 aromatic carbocycles. The van der Waals surface area contributed by atoms with Crippen LogP contribution in [0.15, 0.2) is 37.8 Å². The number of furan rings is 1. The Bertz CT molecular complexity index is 646. The van der Waals surface area contributed by atoms with E-state index in [4.69, 9.17) is 9.83 Å². The Balaban J connectivity index is 2.03. The summed E-state index contributed by atoms with van der Waals surface area (Å²) < 4.78 is 9.33. The average molecular weight is 292 g/mol. The first-order valence-electron chi connectivity index (χ1n) is 5.27. The number of thioether (sulfide) groups is 1. The molecular formula is C11H8N4O2S2. The van der Waals surface area contributed by atoms with Crippen molar-refractivity contribution >= 4 is 51.9 Å². The van der Waals surface area contributed by atoms with E-state index >= 15 is 0 Å². The molecule has 6 nitrogen and oxygen atoms in total. The van der Waals surface area contributed by atoms with Crippen molar-refractivity contribution in [1.82, 2.24) is 4.90 Å². The summed E-state index contributed by atoms with van der Waals surface area (Å²) in [5, 5.41) is 9.22. The Labute approximate surface area is 117 Å². The Hall–Kier alpha value is -1.80. The molecule has 0 radical (unpaired) electrons. The van der Waals surface area contributed by atoms with Crippen LogP contribution in [0, 0.1) is 5.41 Å². The molecular weight excluding hydrogens is 284 g/mol. The van der Waals surface area contributed by atoms with Gasteiger partial charge in [0.2, 0.25) is 5.17 Å². The van der Waals surface area contributed by atoms with Crippen molar-refractivity contribution in [3.63, 3.8) is 0 Å². The maximum Gasteiger partial charge on any atom is 0.283 e. The van der Waals surface area contributed by atoms with E-state index in [1.807, 2.05) is 6.26 Å². The van der Waals surface area contributed by atoms with Crippen molar-refractivity contribution < 1.29 is 9.21 Å². The van der Waals surface area contributed by atoms with E-state index in [2.05, 4.69) is 9.39 Å². The lowest BCUT2D eigenvalue weighted by Gasteiger charge is -2.23. The third-order valence-corrected chi connectivity index (χ3v) is 3.96. The topological polar surface area (TPSA) is 82.0 Å². The first kappa shape index (κ1) is 12.2. The Morgan fingerprint density at radius 1 is 1.58 bits per heavy atom. The highest BCUT2D eigenvalue weighted by Crippen LogP contribution is 2.30. The van der Waals surface area contributed by atoms with Gasteiger partial charge in [-0.15, -0.1) is 0 Å². The Morgan fingerprint density at radius 3 is 3.11 bits per heavy atom. The van der Waals surface area contributed by atoms with Gasteiger partial charge in [-0.05, 0) is 24.5 Å². The molecule has 0 saturated carbocycles. The number of nitrogens with one attached hydrogen (secondary N) is 1. The SMILES string of the molecule is CSC1=NSC2=NC(=O)/C(=C\c3ccco3)C(=N)N12. The lowest BCUT2D eigenvalue weighted by Crippen LogP contribution is -2.41. The Kier molecular flexibility index (Phi) is 3.03. The number of amidine groups is 3. The van der Waals surface area contributed by atoms with Gasteiger partial charge < -0.3 is 4.42 Å². The highest BCUT2D eigenvalue weighted by Gasteiger charge is 2.37. The molecule has 0 fully saturated rings. The van der Waals surface area contributed by atoms with E-state index in [1.165, 1.54) is 24.1 Å². The molecule has 0 aliphatic carbocycles. The number of carbonyl (C=O) groups excluding carboxylic acids is 1. The molecule has 0 unspecified atom stereocenters. The molecule has 3 rings (SSSR count). The van der Waals surface area contributed by atoms with E-state index < -0.39 is 5.91 Å². The number of nitrogens with zero attached hydrogens (tertiary/aromatic N) is 3. The van der Waals surface area contributed by atoms with E-state index in [0.717, 1.165) is 11.9 Å². The number of aliphatic imine (C=N–C) groups is 1. The maximum atomic E-state index is 11.9. The zero-order chi connectivity index (χ0) is 13.4. The van der Waals surface area contributed by atoms with Crippen molar-refractivity contribution in [3.8, 4) is 0 Å². The van der Waals surface area contributed by atoms with Crippen molar-refractivity contribution in [3.05, 3.63) is 29.7 Å². The lowest BCUT2D eigenvalue weighted by atomic mass is 10.1. The van der Waals surface area contributed by atoms with Gasteiger partial charge in [-0.3, -0.25) is 10.2 Å². The van der Waals surface area contributed by atoms with Gasteiger partial charge >= 0.3 is 0 Å². The van der Waals surface area contributed by atoms with Gasteiger partial charge in [-0.25, -0.2) is 4.90 Å². The van der Waals surface area contributed by atoms with Crippen LogP contribution in [0.4, 0.5) is 0 Å². The van der Waals surface area contributed by atoms with Gasteiger partial charge in [0.05, 0.1) is 23.8 Å². The highest BCUT2D eigenvalue weighted by atomic mass is 32.2. The predicted octanol–water partition coefficient (Wildman–Crippen LogP) is 2.22. The van der Waals surface area contributed by atoms with E-state index in [-0.39, 0.29) is 11.4 Å². The molecule has 96 valence electrons. The summed E-state index contributed by atoms with van der Waals surface area (Å²) in [5.41, 5.74) is 0.197. The molecule has 3 heterocycles. The number of carbonyl (C=O) groups is 1. The largest absolute Gasteiger partial charge is 0.465 e. The fraction of sp³-hybridized carbons (Fsp3) is 0.0909. The van der Waals surface area contributed by atoms with Crippen molar-refractivity contribution in [2.75, 3.05) is 6.26 Å². The van der Waals surface area contributed by atoms with Gasteiger partial charge in [0.15, 0.2) is 5.17 Å².